The zero-order valence-corrected chi connectivity index (χ0v) is 17.5. The molecule has 0 aliphatic heterocycles. The van der Waals surface area contributed by atoms with Gasteiger partial charge in [0.15, 0.2) is 0 Å². The van der Waals surface area contributed by atoms with Gasteiger partial charge in [-0.3, -0.25) is 0 Å². The minimum absolute atomic E-state index is 0. The predicted octanol–water partition coefficient (Wildman–Crippen LogP) is 6.34. The standard InChI is InChI=1S/C22H24F6N2.ClH/c23-21(24,25)17-7-3-5-15(11-17)13-29-19-9-1-2-10-20(19)30-14-16-6-4-8-18(12-16)22(26,27)28;/h3-8,11-12,19-20,29-30H,1-2,9-10,13-14H2;1H. The summed E-state index contributed by atoms with van der Waals surface area (Å²) in [5, 5.41) is 6.66. The summed E-state index contributed by atoms with van der Waals surface area (Å²) in [7, 11) is 0. The van der Waals surface area contributed by atoms with Crippen LogP contribution in [0.2, 0.25) is 0 Å². The van der Waals surface area contributed by atoms with Crippen LogP contribution in [0.3, 0.4) is 0 Å². The predicted molar refractivity (Wildman–Crippen MR) is 110 cm³/mol. The van der Waals surface area contributed by atoms with Crippen molar-refractivity contribution in [2.24, 2.45) is 0 Å². The molecule has 1 fully saturated rings. The van der Waals surface area contributed by atoms with Gasteiger partial charge >= 0.3 is 12.4 Å². The van der Waals surface area contributed by atoms with Crippen molar-refractivity contribution in [3.8, 4) is 0 Å². The molecule has 0 aromatic heterocycles. The number of nitrogens with one attached hydrogen (secondary N) is 2. The molecule has 172 valence electrons. The van der Waals surface area contributed by atoms with Crippen molar-refractivity contribution in [2.45, 2.75) is 63.2 Å². The topological polar surface area (TPSA) is 24.1 Å². The fourth-order valence-electron chi connectivity index (χ4n) is 3.83. The van der Waals surface area contributed by atoms with Gasteiger partial charge in [-0.05, 0) is 36.1 Å². The summed E-state index contributed by atoms with van der Waals surface area (Å²) in [4.78, 5) is 0. The van der Waals surface area contributed by atoms with Crippen LogP contribution in [0.1, 0.15) is 47.9 Å². The van der Waals surface area contributed by atoms with Gasteiger partial charge in [-0.25, -0.2) is 0 Å². The molecule has 0 bridgehead atoms. The number of rotatable bonds is 6. The molecule has 1 aliphatic carbocycles. The normalized spacial score (nSPS) is 19.7. The van der Waals surface area contributed by atoms with Crippen molar-refractivity contribution in [3.05, 3.63) is 70.8 Å². The summed E-state index contributed by atoms with van der Waals surface area (Å²) in [6, 6.07) is 10.5. The maximum Gasteiger partial charge on any atom is 0.416 e. The van der Waals surface area contributed by atoms with Gasteiger partial charge < -0.3 is 10.6 Å². The van der Waals surface area contributed by atoms with Gasteiger partial charge in [0, 0.05) is 25.2 Å². The second kappa shape index (κ2) is 10.7. The van der Waals surface area contributed by atoms with Crippen LogP contribution < -0.4 is 10.6 Å². The van der Waals surface area contributed by atoms with Crippen molar-refractivity contribution in [1.29, 1.82) is 0 Å². The first-order valence-electron chi connectivity index (χ1n) is 9.92. The summed E-state index contributed by atoms with van der Waals surface area (Å²) in [6.07, 6.45) is -5.03. The molecule has 9 heteroatoms. The molecule has 2 atom stereocenters. The molecule has 0 radical (unpaired) electrons. The molecule has 0 heterocycles. The van der Waals surface area contributed by atoms with Crippen molar-refractivity contribution in [1.82, 2.24) is 10.6 Å². The fourth-order valence-corrected chi connectivity index (χ4v) is 3.83. The van der Waals surface area contributed by atoms with Crippen LogP contribution in [-0.4, -0.2) is 12.1 Å². The molecule has 2 aromatic rings. The van der Waals surface area contributed by atoms with Gasteiger partial charge in [-0.2, -0.15) is 26.3 Å². The average Bonchev–Trinajstić information content (AvgIpc) is 2.70. The van der Waals surface area contributed by atoms with Gasteiger partial charge in [0.2, 0.25) is 0 Å². The van der Waals surface area contributed by atoms with Gasteiger partial charge in [-0.15, -0.1) is 12.4 Å². The highest BCUT2D eigenvalue weighted by atomic mass is 35.5. The molecule has 2 aromatic carbocycles. The van der Waals surface area contributed by atoms with Crippen molar-refractivity contribution in [3.63, 3.8) is 0 Å². The van der Waals surface area contributed by atoms with E-state index in [9.17, 15) is 26.3 Å². The van der Waals surface area contributed by atoms with Gasteiger partial charge in [0.1, 0.15) is 0 Å². The molecule has 3 rings (SSSR count). The van der Waals surface area contributed by atoms with Gasteiger partial charge in [0.25, 0.3) is 0 Å². The summed E-state index contributed by atoms with van der Waals surface area (Å²) < 4.78 is 77.3. The van der Waals surface area contributed by atoms with E-state index in [-0.39, 0.29) is 24.5 Å². The maximum atomic E-state index is 12.9. The SMILES string of the molecule is Cl.FC(F)(F)c1cccc(CNC2CCCCC2NCc2cccc(C(F)(F)F)c2)c1. The summed E-state index contributed by atoms with van der Waals surface area (Å²) in [5.74, 6) is 0. The summed E-state index contributed by atoms with van der Waals surface area (Å²) in [5.41, 5.74) is -0.256. The lowest BCUT2D eigenvalue weighted by Gasteiger charge is -2.33. The van der Waals surface area contributed by atoms with Gasteiger partial charge in [-0.1, -0.05) is 49.2 Å². The molecular formula is C22H25ClF6N2. The highest BCUT2D eigenvalue weighted by Crippen LogP contribution is 2.30. The Kier molecular flexibility index (Phi) is 8.80. The van der Waals surface area contributed by atoms with Crippen LogP contribution in [0.5, 0.6) is 0 Å². The van der Waals surface area contributed by atoms with E-state index in [0.717, 1.165) is 49.9 Å². The number of benzene rings is 2. The molecular weight excluding hydrogens is 442 g/mol. The van der Waals surface area contributed by atoms with E-state index >= 15 is 0 Å². The van der Waals surface area contributed by atoms with Crippen LogP contribution in [0.15, 0.2) is 48.5 Å². The molecule has 2 nitrogen and oxygen atoms in total. The fraction of sp³-hybridized carbons (Fsp3) is 0.455. The Bertz CT molecular complexity index is 768. The third kappa shape index (κ3) is 7.40. The first-order chi connectivity index (χ1) is 14.1. The highest BCUT2D eigenvalue weighted by Gasteiger charge is 2.31. The zero-order valence-electron chi connectivity index (χ0n) is 16.7. The quantitative estimate of drug-likeness (QED) is 0.486. The third-order valence-corrected chi connectivity index (χ3v) is 5.41. The Morgan fingerprint density at radius 2 is 1.06 bits per heavy atom. The van der Waals surface area contributed by atoms with Gasteiger partial charge in [0.05, 0.1) is 11.1 Å². The molecule has 2 N–H and O–H groups in total. The Labute approximate surface area is 183 Å². The molecule has 2 unspecified atom stereocenters. The number of alkyl halides is 6. The van der Waals surface area contributed by atoms with E-state index in [0.29, 0.717) is 24.2 Å². The zero-order chi connectivity index (χ0) is 21.8. The molecule has 1 saturated carbocycles. The maximum absolute atomic E-state index is 12.9. The Hall–Kier alpha value is -1.77. The van der Waals surface area contributed by atoms with Crippen molar-refractivity contribution >= 4 is 12.4 Å². The van der Waals surface area contributed by atoms with Crippen molar-refractivity contribution in [2.75, 3.05) is 0 Å². The number of hydrogen-bond acceptors (Lipinski definition) is 2. The largest absolute Gasteiger partial charge is 0.416 e. The molecule has 31 heavy (non-hydrogen) atoms. The highest BCUT2D eigenvalue weighted by molar-refractivity contribution is 5.85. The van der Waals surface area contributed by atoms with E-state index < -0.39 is 23.5 Å². The van der Waals surface area contributed by atoms with E-state index in [1.165, 1.54) is 12.1 Å². The molecule has 0 saturated heterocycles. The van der Waals surface area contributed by atoms with Crippen LogP contribution >= 0.6 is 12.4 Å². The monoisotopic (exact) mass is 466 g/mol. The van der Waals surface area contributed by atoms with Crippen LogP contribution in [-0.2, 0) is 25.4 Å². The minimum atomic E-state index is -4.38. The van der Waals surface area contributed by atoms with E-state index in [2.05, 4.69) is 10.6 Å². The lowest BCUT2D eigenvalue weighted by Crippen LogP contribution is -2.49. The second-order valence-corrected chi connectivity index (χ2v) is 7.66. The number of hydrogen-bond donors (Lipinski definition) is 2. The minimum Gasteiger partial charge on any atom is -0.308 e. The first kappa shape index (κ1) is 25.5. The van der Waals surface area contributed by atoms with E-state index in [1.807, 2.05) is 0 Å². The summed E-state index contributed by atoms with van der Waals surface area (Å²) >= 11 is 0. The Morgan fingerprint density at radius 1 is 0.677 bits per heavy atom. The molecule has 0 spiro atoms. The number of halogens is 7. The third-order valence-electron chi connectivity index (χ3n) is 5.41. The second-order valence-electron chi connectivity index (χ2n) is 7.66. The molecule has 1 aliphatic rings. The van der Waals surface area contributed by atoms with Crippen LogP contribution in [0, 0.1) is 0 Å². The lowest BCUT2D eigenvalue weighted by atomic mass is 9.90. The first-order valence-corrected chi connectivity index (χ1v) is 9.92. The van der Waals surface area contributed by atoms with Crippen LogP contribution in [0.4, 0.5) is 26.3 Å². The summed E-state index contributed by atoms with van der Waals surface area (Å²) in [6.45, 7) is 0.604. The molecule has 0 amide bonds. The van der Waals surface area contributed by atoms with Crippen molar-refractivity contribution < 1.29 is 26.3 Å². The van der Waals surface area contributed by atoms with E-state index in [4.69, 9.17) is 0 Å². The average molecular weight is 467 g/mol. The smallest absolute Gasteiger partial charge is 0.308 e. The van der Waals surface area contributed by atoms with E-state index in [1.54, 1.807) is 12.1 Å². The Balaban J connectivity index is 0.00000341. The van der Waals surface area contributed by atoms with Crippen LogP contribution in [0.25, 0.3) is 0 Å². The Morgan fingerprint density at radius 3 is 1.42 bits per heavy atom. The lowest BCUT2D eigenvalue weighted by molar-refractivity contribution is -0.138.